The smallest absolute Gasteiger partial charge is 0.330 e. The molecule has 0 aliphatic heterocycles. The van der Waals surface area contributed by atoms with Crippen molar-refractivity contribution in [3.8, 4) is 0 Å². The molecule has 29 heavy (non-hydrogen) atoms. The van der Waals surface area contributed by atoms with Gasteiger partial charge in [-0.1, -0.05) is 90.4 Å². The Morgan fingerprint density at radius 1 is 0.759 bits per heavy atom. The summed E-state index contributed by atoms with van der Waals surface area (Å²) in [6, 6.07) is 26.8. The Morgan fingerprint density at radius 2 is 1.24 bits per heavy atom. The van der Waals surface area contributed by atoms with Gasteiger partial charge in [-0.2, -0.15) is 0 Å². The molecule has 0 aromatic heterocycles. The van der Waals surface area contributed by atoms with Crippen LogP contribution in [0.5, 0.6) is 0 Å². The van der Waals surface area contributed by atoms with Gasteiger partial charge in [0.05, 0.1) is 11.2 Å². The summed E-state index contributed by atoms with van der Waals surface area (Å²) in [5, 5.41) is 12.6. The molecular weight excluding hydrogens is 378 g/mol. The second kappa shape index (κ2) is 8.32. The van der Waals surface area contributed by atoms with E-state index < -0.39 is 18.3 Å². The van der Waals surface area contributed by atoms with Crippen LogP contribution in [0.4, 0.5) is 0 Å². The SMILES string of the molecule is CC(C)(O)C(C)(C)O[B]c1cccc(P(=O)(c2ccccc2)c2ccccc2)c1. The highest BCUT2D eigenvalue weighted by atomic mass is 31.2. The monoisotopic (exact) mass is 405 g/mol. The minimum atomic E-state index is -3.03. The van der Waals surface area contributed by atoms with Crippen molar-refractivity contribution in [2.45, 2.75) is 38.9 Å². The molecule has 0 aliphatic rings. The van der Waals surface area contributed by atoms with E-state index in [1.54, 1.807) is 21.3 Å². The highest BCUT2D eigenvalue weighted by Crippen LogP contribution is 2.41. The van der Waals surface area contributed by atoms with Crippen molar-refractivity contribution >= 4 is 36.0 Å². The van der Waals surface area contributed by atoms with Gasteiger partial charge in [0.15, 0.2) is 7.14 Å². The van der Waals surface area contributed by atoms with Gasteiger partial charge in [0.1, 0.15) is 0 Å². The Hall–Kier alpha value is -2.13. The van der Waals surface area contributed by atoms with Crippen molar-refractivity contribution in [3.05, 3.63) is 84.9 Å². The topological polar surface area (TPSA) is 46.5 Å². The van der Waals surface area contributed by atoms with Gasteiger partial charge in [-0.3, -0.25) is 0 Å². The molecule has 0 saturated carbocycles. The number of hydrogen-bond donors (Lipinski definition) is 1. The third-order valence-electron chi connectivity index (χ3n) is 5.44. The summed E-state index contributed by atoms with van der Waals surface area (Å²) in [5.74, 6) is 0. The lowest BCUT2D eigenvalue weighted by molar-refractivity contribution is -0.0893. The Labute approximate surface area is 174 Å². The van der Waals surface area contributed by atoms with Crippen LogP contribution < -0.4 is 21.4 Å². The van der Waals surface area contributed by atoms with E-state index in [1.165, 1.54) is 0 Å². The summed E-state index contributed by atoms with van der Waals surface area (Å²) in [5.41, 5.74) is -0.984. The van der Waals surface area contributed by atoms with E-state index >= 15 is 0 Å². The molecule has 3 aromatic rings. The van der Waals surface area contributed by atoms with Crippen LogP contribution in [0.15, 0.2) is 84.9 Å². The average Bonchev–Trinajstić information content (AvgIpc) is 2.72. The van der Waals surface area contributed by atoms with Crippen LogP contribution in [0.25, 0.3) is 0 Å². The fourth-order valence-electron chi connectivity index (χ4n) is 2.88. The van der Waals surface area contributed by atoms with E-state index in [0.717, 1.165) is 21.4 Å². The maximum absolute atomic E-state index is 14.4. The first kappa shape index (κ1) is 21.6. The van der Waals surface area contributed by atoms with Gasteiger partial charge in [-0.05, 0) is 27.7 Å². The fourth-order valence-corrected chi connectivity index (χ4v) is 5.58. The highest BCUT2D eigenvalue weighted by molar-refractivity contribution is 7.85. The van der Waals surface area contributed by atoms with Crippen LogP contribution in [-0.4, -0.2) is 23.8 Å². The molecule has 0 spiro atoms. The summed E-state index contributed by atoms with van der Waals surface area (Å²) in [4.78, 5) is 0. The predicted octanol–water partition coefficient (Wildman–Crippen LogP) is 3.14. The highest BCUT2D eigenvalue weighted by Gasteiger charge is 2.36. The molecule has 0 fully saturated rings. The van der Waals surface area contributed by atoms with Crippen LogP contribution in [-0.2, 0) is 9.22 Å². The Morgan fingerprint density at radius 3 is 1.72 bits per heavy atom. The molecule has 0 saturated heterocycles. The minimum absolute atomic E-state index is 0.744. The van der Waals surface area contributed by atoms with E-state index in [1.807, 2.05) is 98.8 Å². The molecule has 0 aliphatic carbocycles. The normalized spacial score (nSPS) is 12.6. The average molecular weight is 405 g/mol. The van der Waals surface area contributed by atoms with Crippen LogP contribution >= 0.6 is 7.14 Å². The maximum atomic E-state index is 14.4. The molecule has 3 nitrogen and oxygen atoms in total. The molecule has 5 heteroatoms. The van der Waals surface area contributed by atoms with Gasteiger partial charge in [0.25, 0.3) is 0 Å². The van der Waals surface area contributed by atoms with Crippen LogP contribution in [0.3, 0.4) is 0 Å². The summed E-state index contributed by atoms with van der Waals surface area (Å²) >= 11 is 0. The van der Waals surface area contributed by atoms with Crippen LogP contribution in [0, 0.1) is 0 Å². The van der Waals surface area contributed by atoms with E-state index in [-0.39, 0.29) is 0 Å². The first-order valence-electron chi connectivity index (χ1n) is 9.70. The number of hydrogen-bond acceptors (Lipinski definition) is 3. The Balaban J connectivity index is 2.01. The molecular formula is C24H27BO3P. The molecule has 0 bridgehead atoms. The first-order valence-corrected chi connectivity index (χ1v) is 11.4. The van der Waals surface area contributed by atoms with E-state index in [4.69, 9.17) is 4.65 Å². The minimum Gasteiger partial charge on any atom is -0.427 e. The second-order valence-corrected chi connectivity index (χ2v) is 10.9. The molecule has 1 N–H and O–H groups in total. The van der Waals surface area contributed by atoms with E-state index in [2.05, 4.69) is 0 Å². The summed E-state index contributed by atoms with van der Waals surface area (Å²) < 4.78 is 20.3. The zero-order valence-electron chi connectivity index (χ0n) is 17.4. The third kappa shape index (κ3) is 4.56. The van der Waals surface area contributed by atoms with Gasteiger partial charge < -0.3 is 14.3 Å². The molecule has 1 radical (unpaired) electrons. The lowest BCUT2D eigenvalue weighted by Crippen LogP contribution is -2.49. The van der Waals surface area contributed by atoms with Gasteiger partial charge in [0.2, 0.25) is 0 Å². The largest absolute Gasteiger partial charge is 0.427 e. The molecule has 3 aromatic carbocycles. The molecule has 3 rings (SSSR count). The zero-order chi connectivity index (χ0) is 21.1. The second-order valence-electron chi connectivity index (χ2n) is 8.18. The van der Waals surface area contributed by atoms with E-state index in [9.17, 15) is 9.67 Å². The van der Waals surface area contributed by atoms with Crippen molar-refractivity contribution in [1.82, 2.24) is 0 Å². The van der Waals surface area contributed by atoms with E-state index in [0.29, 0.717) is 0 Å². The van der Waals surface area contributed by atoms with Crippen molar-refractivity contribution in [2.24, 2.45) is 0 Å². The zero-order valence-corrected chi connectivity index (χ0v) is 18.3. The lowest BCUT2D eigenvalue weighted by atomic mass is 9.83. The fraction of sp³-hybridized carbons (Fsp3) is 0.250. The van der Waals surface area contributed by atoms with Crippen molar-refractivity contribution in [1.29, 1.82) is 0 Å². The molecule has 0 unspecified atom stereocenters. The molecule has 149 valence electrons. The number of rotatable bonds is 7. The standard InChI is InChI=1S/C24H27BO3P/c1-23(2,26)24(3,4)28-25-19-12-11-17-22(18-19)29(27,20-13-7-5-8-14-20)21-15-9-6-10-16-21/h5-18,26H,1-4H3. The molecule has 0 atom stereocenters. The predicted molar refractivity (Wildman–Crippen MR) is 123 cm³/mol. The van der Waals surface area contributed by atoms with Gasteiger partial charge in [0, 0.05) is 15.9 Å². The number of aliphatic hydroxyl groups is 1. The summed E-state index contributed by atoms with van der Waals surface area (Å²) in [6.45, 7) is 7.12. The Kier molecular flexibility index (Phi) is 6.19. The lowest BCUT2D eigenvalue weighted by Gasteiger charge is -2.37. The van der Waals surface area contributed by atoms with Gasteiger partial charge in [-0.25, -0.2) is 0 Å². The van der Waals surface area contributed by atoms with Gasteiger partial charge >= 0.3 is 7.48 Å². The van der Waals surface area contributed by atoms with Crippen molar-refractivity contribution in [2.75, 3.05) is 0 Å². The van der Waals surface area contributed by atoms with Gasteiger partial charge in [-0.15, -0.1) is 0 Å². The maximum Gasteiger partial charge on any atom is 0.330 e. The van der Waals surface area contributed by atoms with Crippen LogP contribution in [0.2, 0.25) is 0 Å². The number of benzene rings is 3. The Bertz CT molecular complexity index is 952. The van der Waals surface area contributed by atoms with Crippen molar-refractivity contribution < 1.29 is 14.3 Å². The molecule has 0 heterocycles. The third-order valence-corrected chi connectivity index (χ3v) is 8.49. The quantitative estimate of drug-likeness (QED) is 0.486. The van der Waals surface area contributed by atoms with Crippen LogP contribution in [0.1, 0.15) is 27.7 Å². The summed E-state index contributed by atoms with van der Waals surface area (Å²) in [7, 11) is -1.40. The van der Waals surface area contributed by atoms with Crippen molar-refractivity contribution in [3.63, 3.8) is 0 Å². The summed E-state index contributed by atoms with van der Waals surface area (Å²) in [6.07, 6.45) is 0. The molecule has 0 amide bonds. The first-order chi connectivity index (χ1) is 13.6.